The van der Waals surface area contributed by atoms with Crippen LogP contribution in [0.3, 0.4) is 0 Å². The Labute approximate surface area is 165 Å². The van der Waals surface area contributed by atoms with Crippen LogP contribution in [0.15, 0.2) is 4.99 Å². The number of halogens is 1. The molecule has 0 amide bonds. The molecule has 0 aromatic carbocycles. The van der Waals surface area contributed by atoms with Crippen LogP contribution < -0.4 is 5.32 Å². The molecule has 0 aromatic heterocycles. The number of likely N-dealkylation sites (tertiary alicyclic amines) is 1. The van der Waals surface area contributed by atoms with E-state index in [2.05, 4.69) is 37.9 Å². The van der Waals surface area contributed by atoms with Crippen molar-refractivity contribution in [1.82, 2.24) is 10.2 Å². The van der Waals surface area contributed by atoms with Gasteiger partial charge in [0.05, 0.1) is 12.5 Å². The molecule has 0 saturated carbocycles. The van der Waals surface area contributed by atoms with E-state index in [-0.39, 0.29) is 35.9 Å². The zero-order valence-electron chi connectivity index (χ0n) is 16.1. The van der Waals surface area contributed by atoms with Gasteiger partial charge in [0, 0.05) is 26.2 Å². The third-order valence-electron chi connectivity index (χ3n) is 4.10. The van der Waals surface area contributed by atoms with Gasteiger partial charge in [-0.2, -0.15) is 0 Å². The van der Waals surface area contributed by atoms with Crippen LogP contribution in [-0.4, -0.2) is 49.6 Å². The van der Waals surface area contributed by atoms with Gasteiger partial charge in [0.25, 0.3) is 0 Å². The second-order valence-electron chi connectivity index (χ2n) is 7.41. The highest BCUT2D eigenvalue weighted by Gasteiger charge is 2.27. The van der Waals surface area contributed by atoms with Crippen molar-refractivity contribution in [3.63, 3.8) is 0 Å². The average Bonchev–Trinajstić information content (AvgIpc) is 2.50. The summed E-state index contributed by atoms with van der Waals surface area (Å²) in [6, 6.07) is 0. The van der Waals surface area contributed by atoms with E-state index < -0.39 is 0 Å². The molecular formula is C18H36IN3O2. The summed E-state index contributed by atoms with van der Waals surface area (Å²) >= 11 is 0. The Bertz CT molecular complexity index is 386. The van der Waals surface area contributed by atoms with Crippen molar-refractivity contribution in [3.05, 3.63) is 0 Å². The van der Waals surface area contributed by atoms with Crippen molar-refractivity contribution in [1.29, 1.82) is 0 Å². The molecule has 142 valence electrons. The van der Waals surface area contributed by atoms with Crippen LogP contribution >= 0.6 is 24.0 Å². The highest BCUT2D eigenvalue weighted by Crippen LogP contribution is 2.21. The standard InChI is InChI=1S/C18H35N3O2.HI/c1-6-19-17(20-12-8-11-18(3,4)5)21-13-9-15(10-14-21)16(22)23-7-2;/h15H,6-14H2,1-5H3,(H,19,20);1H. The third-order valence-corrected chi connectivity index (χ3v) is 4.10. The first-order valence-electron chi connectivity index (χ1n) is 9.07. The van der Waals surface area contributed by atoms with Gasteiger partial charge < -0.3 is 15.0 Å². The number of nitrogens with one attached hydrogen (secondary N) is 1. The molecule has 0 atom stereocenters. The van der Waals surface area contributed by atoms with Crippen molar-refractivity contribution in [2.75, 3.05) is 32.8 Å². The normalized spacial score (nSPS) is 16.5. The smallest absolute Gasteiger partial charge is 0.309 e. The molecule has 0 bridgehead atoms. The van der Waals surface area contributed by atoms with Crippen LogP contribution in [0.1, 0.15) is 60.3 Å². The Kier molecular flexibility index (Phi) is 11.7. The Morgan fingerprint density at radius 1 is 1.25 bits per heavy atom. The number of piperidine rings is 1. The minimum absolute atomic E-state index is 0. The van der Waals surface area contributed by atoms with Gasteiger partial charge in [0.15, 0.2) is 5.96 Å². The molecule has 0 aliphatic carbocycles. The molecule has 1 fully saturated rings. The number of carbonyl (C=O) groups excluding carboxylic acids is 1. The first-order valence-corrected chi connectivity index (χ1v) is 9.07. The van der Waals surface area contributed by atoms with E-state index >= 15 is 0 Å². The highest BCUT2D eigenvalue weighted by molar-refractivity contribution is 14.0. The summed E-state index contributed by atoms with van der Waals surface area (Å²) < 4.78 is 5.13. The fourth-order valence-electron chi connectivity index (χ4n) is 2.81. The van der Waals surface area contributed by atoms with Crippen molar-refractivity contribution in [3.8, 4) is 0 Å². The average molecular weight is 453 g/mol. The molecule has 5 nitrogen and oxygen atoms in total. The lowest BCUT2D eigenvalue weighted by atomic mass is 9.91. The van der Waals surface area contributed by atoms with E-state index in [1.807, 2.05) is 6.92 Å². The summed E-state index contributed by atoms with van der Waals surface area (Å²) in [7, 11) is 0. The van der Waals surface area contributed by atoms with Crippen LogP contribution in [0, 0.1) is 11.3 Å². The fourth-order valence-corrected chi connectivity index (χ4v) is 2.81. The largest absolute Gasteiger partial charge is 0.466 e. The quantitative estimate of drug-likeness (QED) is 0.219. The lowest BCUT2D eigenvalue weighted by molar-refractivity contribution is -0.149. The molecule has 1 aliphatic heterocycles. The van der Waals surface area contributed by atoms with E-state index in [9.17, 15) is 4.79 Å². The van der Waals surface area contributed by atoms with E-state index in [1.165, 1.54) is 6.42 Å². The van der Waals surface area contributed by atoms with Gasteiger partial charge >= 0.3 is 5.97 Å². The van der Waals surface area contributed by atoms with E-state index in [0.717, 1.165) is 51.4 Å². The molecule has 1 heterocycles. The molecule has 0 aromatic rings. The summed E-state index contributed by atoms with van der Waals surface area (Å²) in [6.45, 7) is 14.7. The number of ether oxygens (including phenoxy) is 1. The molecule has 1 saturated heterocycles. The van der Waals surface area contributed by atoms with Crippen molar-refractivity contribution < 1.29 is 9.53 Å². The fraction of sp³-hybridized carbons (Fsp3) is 0.889. The molecule has 6 heteroatoms. The molecule has 1 aliphatic rings. The Morgan fingerprint density at radius 3 is 2.38 bits per heavy atom. The number of aliphatic imine (C=N–C) groups is 1. The zero-order valence-corrected chi connectivity index (χ0v) is 18.4. The Hall–Kier alpha value is -0.530. The monoisotopic (exact) mass is 453 g/mol. The second-order valence-corrected chi connectivity index (χ2v) is 7.41. The van der Waals surface area contributed by atoms with E-state index in [4.69, 9.17) is 9.73 Å². The topological polar surface area (TPSA) is 53.9 Å². The van der Waals surface area contributed by atoms with Gasteiger partial charge in [-0.15, -0.1) is 24.0 Å². The van der Waals surface area contributed by atoms with E-state index in [1.54, 1.807) is 0 Å². The molecule has 0 unspecified atom stereocenters. The molecule has 1 N–H and O–H groups in total. The van der Waals surface area contributed by atoms with Gasteiger partial charge in [-0.3, -0.25) is 9.79 Å². The lowest BCUT2D eigenvalue weighted by Gasteiger charge is -2.33. The summed E-state index contributed by atoms with van der Waals surface area (Å²) in [5.74, 6) is 0.998. The summed E-state index contributed by atoms with van der Waals surface area (Å²) in [4.78, 5) is 18.9. The molecular weight excluding hydrogens is 417 g/mol. The summed E-state index contributed by atoms with van der Waals surface area (Å²) in [5, 5.41) is 3.38. The van der Waals surface area contributed by atoms with Crippen LogP contribution in [0.4, 0.5) is 0 Å². The summed E-state index contributed by atoms with van der Waals surface area (Å²) in [5.41, 5.74) is 0.367. The third kappa shape index (κ3) is 9.08. The number of rotatable bonds is 6. The minimum atomic E-state index is -0.0423. The zero-order chi connectivity index (χ0) is 17.3. The van der Waals surface area contributed by atoms with Crippen molar-refractivity contribution in [2.24, 2.45) is 16.3 Å². The maximum atomic E-state index is 11.8. The van der Waals surface area contributed by atoms with Crippen molar-refractivity contribution in [2.45, 2.75) is 60.3 Å². The van der Waals surface area contributed by atoms with Crippen LogP contribution in [-0.2, 0) is 9.53 Å². The maximum absolute atomic E-state index is 11.8. The highest BCUT2D eigenvalue weighted by atomic mass is 127. The van der Waals surface area contributed by atoms with E-state index in [0.29, 0.717) is 12.0 Å². The first kappa shape index (κ1) is 23.5. The van der Waals surface area contributed by atoms with Gasteiger partial charge in [-0.05, 0) is 44.9 Å². The minimum Gasteiger partial charge on any atom is -0.466 e. The number of guanidine groups is 1. The first-order chi connectivity index (χ1) is 10.9. The van der Waals surface area contributed by atoms with Gasteiger partial charge in [-0.1, -0.05) is 20.8 Å². The molecule has 0 spiro atoms. The van der Waals surface area contributed by atoms with Crippen LogP contribution in [0.2, 0.25) is 0 Å². The number of hydrogen-bond acceptors (Lipinski definition) is 3. The van der Waals surface area contributed by atoms with Crippen LogP contribution in [0.25, 0.3) is 0 Å². The van der Waals surface area contributed by atoms with Gasteiger partial charge in [0.2, 0.25) is 0 Å². The lowest BCUT2D eigenvalue weighted by Crippen LogP contribution is -2.46. The van der Waals surface area contributed by atoms with Crippen molar-refractivity contribution >= 4 is 35.9 Å². The van der Waals surface area contributed by atoms with Crippen LogP contribution in [0.5, 0.6) is 0 Å². The number of nitrogens with zero attached hydrogens (tertiary/aromatic N) is 2. The number of esters is 1. The van der Waals surface area contributed by atoms with Gasteiger partial charge in [-0.25, -0.2) is 0 Å². The molecule has 24 heavy (non-hydrogen) atoms. The summed E-state index contributed by atoms with van der Waals surface area (Å²) in [6.07, 6.45) is 4.00. The Balaban J connectivity index is 0.00000529. The van der Waals surface area contributed by atoms with Gasteiger partial charge in [0.1, 0.15) is 0 Å². The maximum Gasteiger partial charge on any atom is 0.309 e. The predicted molar refractivity (Wildman–Crippen MR) is 111 cm³/mol. The number of carbonyl (C=O) groups is 1. The molecule has 0 radical (unpaired) electrons. The second kappa shape index (κ2) is 11.9. The molecule has 1 rings (SSSR count). The predicted octanol–water partition coefficient (Wildman–Crippen LogP) is 3.67. The number of hydrogen-bond donors (Lipinski definition) is 1. The SMILES string of the molecule is CCNC(=NCCCC(C)(C)C)N1CCC(C(=O)OCC)CC1.I. The Morgan fingerprint density at radius 2 is 1.88 bits per heavy atom.